The molecular formula is C17H27N3O2S. The van der Waals surface area contributed by atoms with Crippen LogP contribution >= 0.6 is 11.3 Å². The summed E-state index contributed by atoms with van der Waals surface area (Å²) in [7, 11) is 1.68. The minimum absolute atomic E-state index is 0.161. The van der Waals surface area contributed by atoms with Gasteiger partial charge in [-0.1, -0.05) is 0 Å². The molecule has 2 aliphatic rings. The average molecular weight is 337 g/mol. The highest BCUT2D eigenvalue weighted by molar-refractivity contribution is 7.10. The van der Waals surface area contributed by atoms with E-state index in [1.807, 2.05) is 11.3 Å². The van der Waals surface area contributed by atoms with Crippen molar-refractivity contribution < 1.29 is 9.53 Å². The molecule has 0 unspecified atom stereocenters. The predicted molar refractivity (Wildman–Crippen MR) is 92.7 cm³/mol. The highest BCUT2D eigenvalue weighted by Crippen LogP contribution is 2.29. The molecule has 1 aromatic heterocycles. The Hall–Kier alpha value is -0.950. The summed E-state index contributed by atoms with van der Waals surface area (Å²) in [6.45, 7) is 6.05. The van der Waals surface area contributed by atoms with Gasteiger partial charge in [0.05, 0.1) is 12.0 Å². The number of carbonyl (C=O) groups excluding carboxylic acids is 1. The fourth-order valence-electron chi connectivity index (χ4n) is 3.63. The second-order valence-corrected chi connectivity index (χ2v) is 7.62. The molecule has 3 rings (SSSR count). The molecule has 5 nitrogen and oxygen atoms in total. The molecule has 1 aromatic rings. The zero-order chi connectivity index (χ0) is 16.1. The van der Waals surface area contributed by atoms with E-state index in [4.69, 9.17) is 4.74 Å². The third-order valence-electron chi connectivity index (χ3n) is 5.06. The molecule has 0 atom stereocenters. The van der Waals surface area contributed by atoms with E-state index in [1.165, 1.54) is 10.4 Å². The SMILES string of the molecule is COCC1(C(=O)NCCN2CCc3sccc3C2)CCNCC1. The van der Waals surface area contributed by atoms with Gasteiger partial charge in [0, 0.05) is 38.2 Å². The number of hydrogen-bond donors (Lipinski definition) is 2. The Kier molecular flexibility index (Phi) is 5.69. The standard InChI is InChI=1S/C17H27N3O2S/c1-22-13-17(4-6-18-7-5-17)16(21)19-8-10-20-9-2-15-14(12-20)3-11-23-15/h3,11,18H,2,4-10,12-13H2,1H3,(H,19,21). The first-order valence-electron chi connectivity index (χ1n) is 8.49. The van der Waals surface area contributed by atoms with Crippen LogP contribution in [0.25, 0.3) is 0 Å². The number of nitrogens with zero attached hydrogens (tertiary/aromatic N) is 1. The van der Waals surface area contributed by atoms with Crippen molar-refractivity contribution in [2.24, 2.45) is 5.41 Å². The molecule has 3 heterocycles. The van der Waals surface area contributed by atoms with E-state index in [0.717, 1.165) is 58.5 Å². The number of hydrogen-bond acceptors (Lipinski definition) is 5. The van der Waals surface area contributed by atoms with E-state index >= 15 is 0 Å². The minimum Gasteiger partial charge on any atom is -0.384 e. The predicted octanol–water partition coefficient (Wildman–Crippen LogP) is 1.24. The largest absolute Gasteiger partial charge is 0.384 e. The van der Waals surface area contributed by atoms with Gasteiger partial charge in [-0.3, -0.25) is 9.69 Å². The maximum Gasteiger partial charge on any atom is 0.228 e. The summed E-state index contributed by atoms with van der Waals surface area (Å²) in [6, 6.07) is 2.23. The van der Waals surface area contributed by atoms with Crippen LogP contribution in [0.1, 0.15) is 23.3 Å². The first-order valence-corrected chi connectivity index (χ1v) is 9.37. The normalized spacial score (nSPS) is 20.9. The fraction of sp³-hybridized carbons (Fsp3) is 0.706. The summed E-state index contributed by atoms with van der Waals surface area (Å²) >= 11 is 1.86. The molecule has 0 radical (unpaired) electrons. The summed E-state index contributed by atoms with van der Waals surface area (Å²) in [6.07, 6.45) is 2.85. The van der Waals surface area contributed by atoms with Gasteiger partial charge < -0.3 is 15.4 Å². The molecule has 2 aliphatic heterocycles. The minimum atomic E-state index is -0.345. The van der Waals surface area contributed by atoms with Crippen molar-refractivity contribution in [1.29, 1.82) is 0 Å². The average Bonchev–Trinajstić information content (AvgIpc) is 3.03. The van der Waals surface area contributed by atoms with Crippen molar-refractivity contribution in [2.45, 2.75) is 25.8 Å². The maximum absolute atomic E-state index is 12.7. The molecule has 1 amide bonds. The van der Waals surface area contributed by atoms with Crippen molar-refractivity contribution in [3.8, 4) is 0 Å². The second kappa shape index (κ2) is 7.75. The van der Waals surface area contributed by atoms with Crippen molar-refractivity contribution in [3.63, 3.8) is 0 Å². The van der Waals surface area contributed by atoms with Crippen LogP contribution in [0.4, 0.5) is 0 Å². The molecule has 6 heteroatoms. The van der Waals surface area contributed by atoms with E-state index in [9.17, 15) is 4.79 Å². The Morgan fingerprint density at radius 1 is 1.48 bits per heavy atom. The van der Waals surface area contributed by atoms with E-state index < -0.39 is 0 Å². The van der Waals surface area contributed by atoms with Crippen molar-refractivity contribution in [3.05, 3.63) is 21.9 Å². The molecule has 23 heavy (non-hydrogen) atoms. The first kappa shape index (κ1) is 16.9. The number of thiophene rings is 1. The molecule has 0 aromatic carbocycles. The Balaban J connectivity index is 1.47. The number of piperidine rings is 1. The molecule has 0 aliphatic carbocycles. The van der Waals surface area contributed by atoms with E-state index in [0.29, 0.717) is 6.61 Å². The molecule has 2 N–H and O–H groups in total. The zero-order valence-electron chi connectivity index (χ0n) is 13.9. The summed E-state index contributed by atoms with van der Waals surface area (Å²) in [5.74, 6) is 0.161. The van der Waals surface area contributed by atoms with Gasteiger partial charge in [-0.05, 0) is 49.4 Å². The maximum atomic E-state index is 12.7. The molecule has 0 bridgehead atoms. The van der Waals surface area contributed by atoms with Crippen LogP contribution in [0.15, 0.2) is 11.4 Å². The van der Waals surface area contributed by atoms with Gasteiger partial charge in [0.2, 0.25) is 5.91 Å². The van der Waals surface area contributed by atoms with E-state index in [2.05, 4.69) is 27.0 Å². The number of methoxy groups -OCH3 is 1. The van der Waals surface area contributed by atoms with Gasteiger partial charge in [0.25, 0.3) is 0 Å². The van der Waals surface area contributed by atoms with Crippen LogP contribution in [-0.4, -0.2) is 57.2 Å². The van der Waals surface area contributed by atoms with Crippen molar-refractivity contribution in [2.75, 3.05) is 46.4 Å². The van der Waals surface area contributed by atoms with Gasteiger partial charge in [0.15, 0.2) is 0 Å². The van der Waals surface area contributed by atoms with E-state index in [-0.39, 0.29) is 11.3 Å². The second-order valence-electron chi connectivity index (χ2n) is 6.61. The lowest BCUT2D eigenvalue weighted by Crippen LogP contribution is -2.51. The molecule has 0 saturated carbocycles. The van der Waals surface area contributed by atoms with Crippen LogP contribution in [0.3, 0.4) is 0 Å². The summed E-state index contributed by atoms with van der Waals surface area (Å²) < 4.78 is 5.33. The lowest BCUT2D eigenvalue weighted by atomic mass is 9.78. The van der Waals surface area contributed by atoms with Crippen LogP contribution in [0.5, 0.6) is 0 Å². The zero-order valence-corrected chi connectivity index (χ0v) is 14.7. The molecule has 0 spiro atoms. The highest BCUT2D eigenvalue weighted by atomic mass is 32.1. The number of ether oxygens (including phenoxy) is 1. The van der Waals surface area contributed by atoms with Gasteiger partial charge in [-0.15, -0.1) is 11.3 Å². The number of fused-ring (bicyclic) bond motifs is 1. The summed E-state index contributed by atoms with van der Waals surface area (Å²) in [5, 5.41) is 8.66. The Morgan fingerprint density at radius 3 is 3.09 bits per heavy atom. The van der Waals surface area contributed by atoms with Crippen LogP contribution in [0, 0.1) is 5.41 Å². The Bertz CT molecular complexity index is 520. The molecular weight excluding hydrogens is 310 g/mol. The molecule has 128 valence electrons. The van der Waals surface area contributed by atoms with Crippen LogP contribution in [-0.2, 0) is 22.5 Å². The smallest absolute Gasteiger partial charge is 0.228 e. The van der Waals surface area contributed by atoms with Crippen molar-refractivity contribution in [1.82, 2.24) is 15.5 Å². The van der Waals surface area contributed by atoms with E-state index in [1.54, 1.807) is 7.11 Å². The van der Waals surface area contributed by atoms with Gasteiger partial charge in [-0.25, -0.2) is 0 Å². The van der Waals surface area contributed by atoms with Crippen LogP contribution < -0.4 is 10.6 Å². The van der Waals surface area contributed by atoms with Gasteiger partial charge in [-0.2, -0.15) is 0 Å². The topological polar surface area (TPSA) is 53.6 Å². The number of rotatable bonds is 6. The Morgan fingerprint density at radius 2 is 2.30 bits per heavy atom. The number of amides is 1. The van der Waals surface area contributed by atoms with Crippen LogP contribution in [0.2, 0.25) is 0 Å². The quantitative estimate of drug-likeness (QED) is 0.820. The van der Waals surface area contributed by atoms with Crippen molar-refractivity contribution >= 4 is 17.2 Å². The lowest BCUT2D eigenvalue weighted by molar-refractivity contribution is -0.136. The fourth-order valence-corrected chi connectivity index (χ4v) is 4.52. The highest BCUT2D eigenvalue weighted by Gasteiger charge is 2.39. The summed E-state index contributed by atoms with van der Waals surface area (Å²) in [4.78, 5) is 16.6. The first-order chi connectivity index (χ1) is 11.2. The lowest BCUT2D eigenvalue weighted by Gasteiger charge is -2.36. The van der Waals surface area contributed by atoms with Gasteiger partial charge >= 0.3 is 0 Å². The monoisotopic (exact) mass is 337 g/mol. The number of carbonyl (C=O) groups is 1. The number of nitrogens with one attached hydrogen (secondary N) is 2. The summed E-state index contributed by atoms with van der Waals surface area (Å²) in [5.41, 5.74) is 1.12. The molecule has 1 saturated heterocycles. The third-order valence-corrected chi connectivity index (χ3v) is 6.09. The Labute approximate surface area is 142 Å². The van der Waals surface area contributed by atoms with Gasteiger partial charge in [0.1, 0.15) is 0 Å². The third kappa shape index (κ3) is 3.94. The molecule has 1 fully saturated rings.